The molecular weight excluding hydrogens is 358 g/mol. The van der Waals surface area contributed by atoms with E-state index in [1.165, 1.54) is 0 Å². The van der Waals surface area contributed by atoms with E-state index < -0.39 is 12.0 Å². The summed E-state index contributed by atoms with van der Waals surface area (Å²) >= 11 is 5.94. The highest BCUT2D eigenvalue weighted by Gasteiger charge is 2.21. The second-order valence-electron chi connectivity index (χ2n) is 6.36. The summed E-state index contributed by atoms with van der Waals surface area (Å²) in [6.07, 6.45) is 0.678. The zero-order chi connectivity index (χ0) is 18.9. The number of carboxylic acid groups (broad SMARTS) is 1. The van der Waals surface area contributed by atoms with Gasteiger partial charge in [-0.25, -0.2) is 0 Å². The van der Waals surface area contributed by atoms with Gasteiger partial charge in [0.2, 0.25) is 5.91 Å². The van der Waals surface area contributed by atoms with Crippen molar-refractivity contribution in [2.24, 2.45) is 0 Å². The number of anilines is 1. The molecule has 1 atom stereocenters. The number of nitrogens with zero attached hydrogens (tertiary/aromatic N) is 1. The minimum atomic E-state index is -1.03. The Morgan fingerprint density at radius 2 is 2.08 bits per heavy atom. The molecule has 1 heterocycles. The van der Waals surface area contributed by atoms with Gasteiger partial charge in [0.1, 0.15) is 6.04 Å². The van der Waals surface area contributed by atoms with Crippen LogP contribution in [0.15, 0.2) is 18.2 Å². The van der Waals surface area contributed by atoms with Crippen LogP contribution in [0.1, 0.15) is 18.4 Å². The van der Waals surface area contributed by atoms with Crippen molar-refractivity contribution in [2.75, 3.05) is 44.7 Å². The van der Waals surface area contributed by atoms with E-state index in [1.807, 2.05) is 6.92 Å². The first-order chi connectivity index (χ1) is 12.5. The summed E-state index contributed by atoms with van der Waals surface area (Å²) in [5.74, 6) is -1.39. The third-order valence-corrected chi connectivity index (χ3v) is 4.54. The number of benzene rings is 1. The monoisotopic (exact) mass is 383 g/mol. The van der Waals surface area contributed by atoms with Gasteiger partial charge in [0.05, 0.1) is 19.6 Å². The van der Waals surface area contributed by atoms with E-state index in [0.717, 1.165) is 44.8 Å². The summed E-state index contributed by atoms with van der Waals surface area (Å²) in [5, 5.41) is 15.5. The van der Waals surface area contributed by atoms with Crippen LogP contribution in [0.4, 0.5) is 5.69 Å². The van der Waals surface area contributed by atoms with Crippen molar-refractivity contribution >= 4 is 29.2 Å². The molecule has 0 aromatic heterocycles. The maximum atomic E-state index is 12.2. The number of aliphatic carboxylic acids is 1. The zero-order valence-electron chi connectivity index (χ0n) is 15.0. The topological polar surface area (TPSA) is 90.9 Å². The van der Waals surface area contributed by atoms with E-state index in [-0.39, 0.29) is 12.3 Å². The van der Waals surface area contributed by atoms with Crippen LogP contribution in [0.5, 0.6) is 0 Å². The van der Waals surface area contributed by atoms with Gasteiger partial charge in [-0.05, 0) is 44.1 Å². The van der Waals surface area contributed by atoms with Crippen molar-refractivity contribution in [1.29, 1.82) is 0 Å². The van der Waals surface area contributed by atoms with Crippen molar-refractivity contribution in [3.05, 3.63) is 28.8 Å². The lowest BCUT2D eigenvalue weighted by Crippen LogP contribution is -2.42. The summed E-state index contributed by atoms with van der Waals surface area (Å²) in [5.41, 5.74) is 1.46. The second kappa shape index (κ2) is 10.5. The van der Waals surface area contributed by atoms with Crippen LogP contribution in [0, 0.1) is 6.92 Å². The zero-order valence-corrected chi connectivity index (χ0v) is 15.7. The van der Waals surface area contributed by atoms with Gasteiger partial charge in [0.15, 0.2) is 0 Å². The number of ether oxygens (including phenoxy) is 1. The van der Waals surface area contributed by atoms with E-state index in [0.29, 0.717) is 17.3 Å². The fourth-order valence-corrected chi connectivity index (χ4v) is 2.94. The summed E-state index contributed by atoms with van der Waals surface area (Å²) in [4.78, 5) is 25.9. The molecule has 0 aliphatic carbocycles. The number of carbonyl (C=O) groups is 2. The lowest BCUT2D eigenvalue weighted by molar-refractivity contribution is -0.141. The molecule has 0 radical (unpaired) electrons. The van der Waals surface area contributed by atoms with Crippen molar-refractivity contribution in [3.63, 3.8) is 0 Å². The van der Waals surface area contributed by atoms with Crippen LogP contribution in [-0.4, -0.2) is 67.3 Å². The van der Waals surface area contributed by atoms with E-state index in [2.05, 4.69) is 15.5 Å². The van der Waals surface area contributed by atoms with Crippen LogP contribution in [0.25, 0.3) is 0 Å². The van der Waals surface area contributed by atoms with Gasteiger partial charge in [-0.3, -0.25) is 14.5 Å². The first-order valence-electron chi connectivity index (χ1n) is 8.78. The van der Waals surface area contributed by atoms with Gasteiger partial charge in [0, 0.05) is 23.8 Å². The highest BCUT2D eigenvalue weighted by atomic mass is 35.5. The smallest absolute Gasteiger partial charge is 0.321 e. The van der Waals surface area contributed by atoms with E-state index >= 15 is 0 Å². The molecule has 1 saturated heterocycles. The molecule has 0 bridgehead atoms. The maximum Gasteiger partial charge on any atom is 0.321 e. The Morgan fingerprint density at radius 1 is 1.35 bits per heavy atom. The molecule has 0 spiro atoms. The number of amides is 1. The second-order valence-corrected chi connectivity index (χ2v) is 6.80. The van der Waals surface area contributed by atoms with Crippen molar-refractivity contribution in [3.8, 4) is 0 Å². The third kappa shape index (κ3) is 6.92. The van der Waals surface area contributed by atoms with Crippen molar-refractivity contribution in [2.45, 2.75) is 25.8 Å². The van der Waals surface area contributed by atoms with Crippen molar-refractivity contribution in [1.82, 2.24) is 10.2 Å². The average Bonchev–Trinajstić information content (AvgIpc) is 2.61. The molecule has 26 heavy (non-hydrogen) atoms. The van der Waals surface area contributed by atoms with E-state index in [9.17, 15) is 14.7 Å². The van der Waals surface area contributed by atoms with Gasteiger partial charge in [-0.15, -0.1) is 0 Å². The molecule has 8 heteroatoms. The lowest BCUT2D eigenvalue weighted by atomic mass is 10.1. The van der Waals surface area contributed by atoms with Gasteiger partial charge < -0.3 is 20.5 Å². The van der Waals surface area contributed by atoms with Crippen LogP contribution >= 0.6 is 11.6 Å². The summed E-state index contributed by atoms with van der Waals surface area (Å²) in [7, 11) is 0. The molecule has 0 unspecified atom stereocenters. The molecule has 1 aromatic carbocycles. The fraction of sp³-hybridized carbons (Fsp3) is 0.556. The first-order valence-corrected chi connectivity index (χ1v) is 9.16. The van der Waals surface area contributed by atoms with Crippen LogP contribution in [-0.2, 0) is 14.3 Å². The van der Waals surface area contributed by atoms with E-state index in [4.69, 9.17) is 16.3 Å². The largest absolute Gasteiger partial charge is 0.480 e. The highest BCUT2D eigenvalue weighted by Crippen LogP contribution is 2.20. The summed E-state index contributed by atoms with van der Waals surface area (Å²) in [6.45, 7) is 6.58. The van der Waals surface area contributed by atoms with Crippen LogP contribution < -0.4 is 10.6 Å². The van der Waals surface area contributed by atoms with Gasteiger partial charge in [0.25, 0.3) is 0 Å². The molecule has 1 aliphatic heterocycles. The van der Waals surface area contributed by atoms with Gasteiger partial charge in [-0.1, -0.05) is 17.7 Å². The Bertz CT molecular complexity index is 620. The molecule has 1 aromatic rings. The average molecular weight is 384 g/mol. The normalized spacial score (nSPS) is 16.2. The first kappa shape index (κ1) is 20.6. The maximum absolute atomic E-state index is 12.2. The predicted molar refractivity (Wildman–Crippen MR) is 101 cm³/mol. The number of hydrogen-bond donors (Lipinski definition) is 3. The number of aryl methyl sites for hydroxylation is 1. The SMILES string of the molecule is Cc1ccc(Cl)cc1NC(=O)C[C@@H](NCCCN1CCOCC1)C(=O)O. The Labute approximate surface area is 158 Å². The Balaban J connectivity index is 1.76. The number of carboxylic acids is 1. The van der Waals surface area contributed by atoms with Crippen molar-refractivity contribution < 1.29 is 19.4 Å². The number of morpholine rings is 1. The number of rotatable bonds is 9. The highest BCUT2D eigenvalue weighted by molar-refractivity contribution is 6.31. The minimum Gasteiger partial charge on any atom is -0.480 e. The number of nitrogens with one attached hydrogen (secondary N) is 2. The quantitative estimate of drug-likeness (QED) is 0.563. The summed E-state index contributed by atoms with van der Waals surface area (Å²) in [6, 6.07) is 4.28. The molecule has 0 saturated carbocycles. The van der Waals surface area contributed by atoms with Gasteiger partial charge >= 0.3 is 5.97 Å². The molecule has 3 N–H and O–H groups in total. The lowest BCUT2D eigenvalue weighted by Gasteiger charge is -2.26. The fourth-order valence-electron chi connectivity index (χ4n) is 2.77. The van der Waals surface area contributed by atoms with Gasteiger partial charge in [-0.2, -0.15) is 0 Å². The standard InChI is InChI=1S/C18H26ClN3O4/c1-13-3-4-14(19)11-15(13)21-17(23)12-16(18(24)25)20-5-2-6-22-7-9-26-10-8-22/h3-4,11,16,20H,2,5-10,12H2,1H3,(H,21,23)(H,24,25)/t16-/m1/s1. The minimum absolute atomic E-state index is 0.140. The molecule has 2 rings (SSSR count). The van der Waals surface area contributed by atoms with Crippen LogP contribution in [0.3, 0.4) is 0 Å². The Hall–Kier alpha value is -1.67. The number of carbonyl (C=O) groups excluding carboxylic acids is 1. The number of halogens is 1. The van der Waals surface area contributed by atoms with E-state index in [1.54, 1.807) is 18.2 Å². The Kier molecular flexibility index (Phi) is 8.31. The predicted octanol–water partition coefficient (Wildman–Crippen LogP) is 1.74. The molecule has 7 nitrogen and oxygen atoms in total. The van der Waals surface area contributed by atoms with Crippen LogP contribution in [0.2, 0.25) is 5.02 Å². The number of hydrogen-bond acceptors (Lipinski definition) is 5. The Morgan fingerprint density at radius 3 is 2.77 bits per heavy atom. The molecule has 1 amide bonds. The molecular formula is C18H26ClN3O4. The molecule has 144 valence electrons. The molecule has 1 fully saturated rings. The summed E-state index contributed by atoms with van der Waals surface area (Å²) < 4.78 is 5.30. The third-order valence-electron chi connectivity index (χ3n) is 4.31. The molecule has 1 aliphatic rings.